The SMILES string of the molecule is CCCC(N)c1csc(I)c1. The van der Waals surface area contributed by atoms with E-state index in [9.17, 15) is 0 Å². The second-order valence-electron chi connectivity index (χ2n) is 2.58. The molecular weight excluding hydrogens is 269 g/mol. The maximum absolute atomic E-state index is 5.92. The van der Waals surface area contributed by atoms with Crippen LogP contribution < -0.4 is 5.73 Å². The summed E-state index contributed by atoms with van der Waals surface area (Å²) in [5.74, 6) is 0. The molecule has 0 aliphatic heterocycles. The van der Waals surface area contributed by atoms with Crippen molar-refractivity contribution in [2.24, 2.45) is 5.73 Å². The topological polar surface area (TPSA) is 26.0 Å². The molecule has 1 atom stereocenters. The van der Waals surface area contributed by atoms with E-state index in [1.165, 1.54) is 8.45 Å². The van der Waals surface area contributed by atoms with Crippen LogP contribution in [0.4, 0.5) is 0 Å². The first-order valence-corrected chi connectivity index (χ1v) is 5.69. The highest BCUT2D eigenvalue weighted by Crippen LogP contribution is 2.23. The lowest BCUT2D eigenvalue weighted by molar-refractivity contribution is 0.640. The Hall–Kier alpha value is 0.390. The van der Waals surface area contributed by atoms with Crippen LogP contribution >= 0.6 is 33.9 Å². The first-order valence-electron chi connectivity index (χ1n) is 3.73. The van der Waals surface area contributed by atoms with Gasteiger partial charge in [-0.2, -0.15) is 0 Å². The summed E-state index contributed by atoms with van der Waals surface area (Å²) in [6.45, 7) is 2.16. The molecule has 0 saturated heterocycles. The smallest absolute Gasteiger partial charge is 0.0656 e. The maximum atomic E-state index is 5.92. The molecule has 1 aromatic rings. The molecule has 11 heavy (non-hydrogen) atoms. The fraction of sp³-hybridized carbons (Fsp3) is 0.500. The minimum atomic E-state index is 0.250. The largest absolute Gasteiger partial charge is 0.324 e. The fourth-order valence-corrected chi connectivity index (χ4v) is 2.43. The average molecular weight is 281 g/mol. The van der Waals surface area contributed by atoms with E-state index in [2.05, 4.69) is 41.0 Å². The molecule has 0 aliphatic carbocycles. The van der Waals surface area contributed by atoms with E-state index in [4.69, 9.17) is 5.73 Å². The first kappa shape index (κ1) is 9.48. The summed E-state index contributed by atoms with van der Waals surface area (Å²) in [6, 6.07) is 2.42. The Bertz CT molecular complexity index is 222. The summed E-state index contributed by atoms with van der Waals surface area (Å²) in [4.78, 5) is 0. The van der Waals surface area contributed by atoms with Crippen LogP contribution in [0.25, 0.3) is 0 Å². The second-order valence-corrected chi connectivity index (χ2v) is 5.38. The quantitative estimate of drug-likeness (QED) is 0.846. The number of hydrogen-bond acceptors (Lipinski definition) is 2. The number of halogens is 1. The van der Waals surface area contributed by atoms with Gasteiger partial charge in [0.05, 0.1) is 2.88 Å². The molecule has 0 saturated carbocycles. The van der Waals surface area contributed by atoms with E-state index in [1.54, 1.807) is 11.3 Å². The molecule has 1 aromatic heterocycles. The van der Waals surface area contributed by atoms with Crippen molar-refractivity contribution >= 4 is 33.9 Å². The van der Waals surface area contributed by atoms with Gasteiger partial charge in [-0.25, -0.2) is 0 Å². The van der Waals surface area contributed by atoms with Gasteiger partial charge in [-0.1, -0.05) is 13.3 Å². The zero-order valence-electron chi connectivity index (χ0n) is 6.51. The zero-order chi connectivity index (χ0) is 8.27. The molecule has 0 aliphatic rings. The van der Waals surface area contributed by atoms with Crippen LogP contribution in [0, 0.1) is 2.88 Å². The second kappa shape index (κ2) is 4.42. The van der Waals surface area contributed by atoms with Gasteiger partial charge in [-0.15, -0.1) is 11.3 Å². The van der Waals surface area contributed by atoms with Crippen molar-refractivity contribution in [2.75, 3.05) is 0 Å². The molecule has 0 spiro atoms. The molecule has 0 bridgehead atoms. The highest BCUT2D eigenvalue weighted by atomic mass is 127. The van der Waals surface area contributed by atoms with Gasteiger partial charge in [0.1, 0.15) is 0 Å². The monoisotopic (exact) mass is 281 g/mol. The van der Waals surface area contributed by atoms with Crippen LogP contribution in [0.1, 0.15) is 31.4 Å². The van der Waals surface area contributed by atoms with E-state index in [-0.39, 0.29) is 6.04 Å². The molecular formula is C8H12INS. The highest BCUT2D eigenvalue weighted by Gasteiger charge is 2.05. The molecule has 0 fully saturated rings. The predicted molar refractivity (Wildman–Crippen MR) is 58.9 cm³/mol. The number of thiophene rings is 1. The predicted octanol–water partition coefficient (Wildman–Crippen LogP) is 3.15. The lowest BCUT2D eigenvalue weighted by atomic mass is 10.1. The van der Waals surface area contributed by atoms with E-state index >= 15 is 0 Å². The van der Waals surface area contributed by atoms with Crippen molar-refractivity contribution < 1.29 is 0 Å². The lowest BCUT2D eigenvalue weighted by Crippen LogP contribution is -2.08. The zero-order valence-corrected chi connectivity index (χ0v) is 9.48. The van der Waals surface area contributed by atoms with Crippen molar-refractivity contribution in [3.63, 3.8) is 0 Å². The molecule has 1 unspecified atom stereocenters. The highest BCUT2D eigenvalue weighted by molar-refractivity contribution is 14.1. The van der Waals surface area contributed by atoms with Crippen LogP contribution in [0.15, 0.2) is 11.4 Å². The summed E-state index contributed by atoms with van der Waals surface area (Å²) in [6.07, 6.45) is 2.25. The molecule has 0 radical (unpaired) electrons. The van der Waals surface area contributed by atoms with Crippen LogP contribution in [-0.2, 0) is 0 Å². The molecule has 0 amide bonds. The maximum Gasteiger partial charge on any atom is 0.0656 e. The van der Waals surface area contributed by atoms with E-state index < -0.39 is 0 Å². The van der Waals surface area contributed by atoms with Gasteiger partial charge < -0.3 is 5.73 Å². The minimum Gasteiger partial charge on any atom is -0.324 e. The standard InChI is InChI=1S/C8H12INS/c1-2-3-7(10)6-4-8(9)11-5-6/h4-5,7H,2-3,10H2,1H3. The Kier molecular flexibility index (Phi) is 3.81. The summed E-state index contributed by atoms with van der Waals surface area (Å²) >= 11 is 4.09. The fourth-order valence-electron chi connectivity index (χ4n) is 0.996. The van der Waals surface area contributed by atoms with Crippen LogP contribution in [-0.4, -0.2) is 0 Å². The van der Waals surface area contributed by atoms with E-state index in [0.29, 0.717) is 0 Å². The van der Waals surface area contributed by atoms with Gasteiger partial charge in [0, 0.05) is 6.04 Å². The molecule has 3 heteroatoms. The van der Waals surface area contributed by atoms with Gasteiger partial charge in [0.2, 0.25) is 0 Å². The Balaban J connectivity index is 2.60. The first-order chi connectivity index (χ1) is 5.24. The van der Waals surface area contributed by atoms with Gasteiger partial charge >= 0.3 is 0 Å². The van der Waals surface area contributed by atoms with Crippen molar-refractivity contribution in [2.45, 2.75) is 25.8 Å². The van der Waals surface area contributed by atoms with E-state index in [1.807, 2.05) is 0 Å². The molecule has 1 heterocycles. The van der Waals surface area contributed by atoms with Crippen LogP contribution in [0.2, 0.25) is 0 Å². The van der Waals surface area contributed by atoms with E-state index in [0.717, 1.165) is 12.8 Å². The molecule has 2 N–H and O–H groups in total. The molecule has 62 valence electrons. The van der Waals surface area contributed by atoms with Gasteiger partial charge in [0.15, 0.2) is 0 Å². The summed E-state index contributed by atoms with van der Waals surface area (Å²) in [5, 5.41) is 2.15. The normalized spacial score (nSPS) is 13.4. The van der Waals surface area contributed by atoms with Gasteiger partial charge in [-0.3, -0.25) is 0 Å². The third-order valence-corrected chi connectivity index (χ3v) is 3.42. The van der Waals surface area contributed by atoms with Crippen molar-refractivity contribution in [3.05, 3.63) is 19.9 Å². The molecule has 0 aromatic carbocycles. The summed E-state index contributed by atoms with van der Waals surface area (Å²) < 4.78 is 1.32. The number of nitrogens with two attached hydrogens (primary N) is 1. The number of rotatable bonds is 3. The third-order valence-electron chi connectivity index (χ3n) is 1.62. The van der Waals surface area contributed by atoms with Crippen LogP contribution in [0.5, 0.6) is 0 Å². The molecule has 1 rings (SSSR count). The van der Waals surface area contributed by atoms with Gasteiger partial charge in [-0.05, 0) is 46.0 Å². The Morgan fingerprint density at radius 1 is 1.73 bits per heavy atom. The summed E-state index contributed by atoms with van der Waals surface area (Å²) in [7, 11) is 0. The minimum absolute atomic E-state index is 0.250. The Morgan fingerprint density at radius 2 is 2.45 bits per heavy atom. The number of hydrogen-bond donors (Lipinski definition) is 1. The third kappa shape index (κ3) is 2.72. The van der Waals surface area contributed by atoms with Crippen molar-refractivity contribution in [1.29, 1.82) is 0 Å². The molecule has 1 nitrogen and oxygen atoms in total. The van der Waals surface area contributed by atoms with Crippen molar-refractivity contribution in [3.8, 4) is 0 Å². The Labute approximate surface area is 85.1 Å². The van der Waals surface area contributed by atoms with Gasteiger partial charge in [0.25, 0.3) is 0 Å². The summed E-state index contributed by atoms with van der Waals surface area (Å²) in [5.41, 5.74) is 7.22. The lowest BCUT2D eigenvalue weighted by Gasteiger charge is -2.06. The van der Waals surface area contributed by atoms with Crippen LogP contribution in [0.3, 0.4) is 0 Å². The Morgan fingerprint density at radius 3 is 2.91 bits per heavy atom. The average Bonchev–Trinajstić information content (AvgIpc) is 2.36. The van der Waals surface area contributed by atoms with Crippen molar-refractivity contribution in [1.82, 2.24) is 0 Å².